The number of phenols is 1. The Kier molecular flexibility index (Phi) is 2.36. The zero-order valence-corrected chi connectivity index (χ0v) is 8.47. The average molecular weight is 219 g/mol. The van der Waals surface area contributed by atoms with Crippen molar-refractivity contribution in [3.05, 3.63) is 35.5 Å². The minimum absolute atomic E-state index is 0.138. The van der Waals surface area contributed by atoms with Crippen molar-refractivity contribution >= 4 is 5.97 Å². The van der Waals surface area contributed by atoms with Crippen LogP contribution in [0, 0.1) is 6.92 Å². The van der Waals surface area contributed by atoms with Crippen molar-refractivity contribution in [2.45, 2.75) is 6.92 Å². The number of hydrogen-bond acceptors (Lipinski definition) is 4. The molecule has 1 aromatic carbocycles. The summed E-state index contributed by atoms with van der Waals surface area (Å²) in [7, 11) is 0. The molecule has 2 aromatic rings. The molecule has 0 bridgehead atoms. The highest BCUT2D eigenvalue weighted by atomic mass is 16.5. The predicted molar refractivity (Wildman–Crippen MR) is 55.3 cm³/mol. The van der Waals surface area contributed by atoms with Gasteiger partial charge in [-0.2, -0.15) is 0 Å². The van der Waals surface area contributed by atoms with Crippen LogP contribution in [0.5, 0.6) is 5.75 Å². The van der Waals surface area contributed by atoms with Crippen LogP contribution in [0.15, 0.2) is 28.8 Å². The Morgan fingerprint density at radius 3 is 2.69 bits per heavy atom. The summed E-state index contributed by atoms with van der Waals surface area (Å²) in [5.74, 6) is -0.590. The molecule has 0 unspecified atom stereocenters. The Morgan fingerprint density at radius 1 is 1.38 bits per heavy atom. The lowest BCUT2D eigenvalue weighted by atomic mass is 10.1. The van der Waals surface area contributed by atoms with Gasteiger partial charge in [0.2, 0.25) is 0 Å². The van der Waals surface area contributed by atoms with Crippen LogP contribution in [0.25, 0.3) is 11.3 Å². The number of phenolic OH excluding ortho intramolecular Hbond substituents is 1. The van der Waals surface area contributed by atoms with Gasteiger partial charge in [-0.1, -0.05) is 5.16 Å². The summed E-state index contributed by atoms with van der Waals surface area (Å²) in [6, 6.07) is 6.19. The van der Waals surface area contributed by atoms with Crippen molar-refractivity contribution in [2.24, 2.45) is 0 Å². The van der Waals surface area contributed by atoms with E-state index in [2.05, 4.69) is 5.16 Å². The van der Waals surface area contributed by atoms with Crippen LogP contribution in [-0.2, 0) is 0 Å². The van der Waals surface area contributed by atoms with Crippen molar-refractivity contribution in [2.75, 3.05) is 0 Å². The van der Waals surface area contributed by atoms with Crippen LogP contribution < -0.4 is 0 Å². The fourth-order valence-corrected chi connectivity index (χ4v) is 1.32. The van der Waals surface area contributed by atoms with Crippen LogP contribution in [0.4, 0.5) is 0 Å². The molecule has 2 rings (SSSR count). The molecule has 5 heteroatoms. The van der Waals surface area contributed by atoms with Crippen LogP contribution >= 0.6 is 0 Å². The number of nitrogens with zero attached hydrogens (tertiary/aromatic N) is 1. The third-order valence-corrected chi connectivity index (χ3v) is 2.21. The minimum atomic E-state index is -1.13. The lowest BCUT2D eigenvalue weighted by molar-refractivity contribution is 0.0686. The Labute approximate surface area is 90.9 Å². The topological polar surface area (TPSA) is 83.6 Å². The van der Waals surface area contributed by atoms with Crippen molar-refractivity contribution in [3.8, 4) is 17.1 Å². The zero-order chi connectivity index (χ0) is 11.7. The standard InChI is InChI=1S/C11H9NO4/c1-6-4-7(2-3-9(6)13)10-5-8(11(14)15)12-16-10/h2-5,13H,1H3,(H,14,15). The van der Waals surface area contributed by atoms with E-state index < -0.39 is 5.97 Å². The summed E-state index contributed by atoms with van der Waals surface area (Å²) in [5, 5.41) is 21.4. The van der Waals surface area contributed by atoms with E-state index >= 15 is 0 Å². The second-order valence-electron chi connectivity index (χ2n) is 3.38. The third kappa shape index (κ3) is 1.75. The molecule has 16 heavy (non-hydrogen) atoms. The van der Waals surface area contributed by atoms with Crippen LogP contribution in [0.3, 0.4) is 0 Å². The van der Waals surface area contributed by atoms with Gasteiger partial charge in [0.05, 0.1) is 0 Å². The van der Waals surface area contributed by atoms with Gasteiger partial charge < -0.3 is 14.7 Å². The fourth-order valence-electron chi connectivity index (χ4n) is 1.32. The van der Waals surface area contributed by atoms with E-state index in [9.17, 15) is 9.90 Å². The van der Waals surface area contributed by atoms with E-state index in [4.69, 9.17) is 9.63 Å². The summed E-state index contributed by atoms with van der Waals surface area (Å²) in [4.78, 5) is 10.6. The first-order chi connectivity index (χ1) is 7.58. The summed E-state index contributed by atoms with van der Waals surface area (Å²) < 4.78 is 4.89. The number of hydrogen-bond donors (Lipinski definition) is 2. The summed E-state index contributed by atoms with van der Waals surface area (Å²) >= 11 is 0. The number of carbonyl (C=O) groups is 1. The number of aromatic nitrogens is 1. The molecule has 0 atom stereocenters. The SMILES string of the molecule is Cc1cc(-c2cc(C(=O)O)no2)ccc1O. The Hall–Kier alpha value is -2.30. The smallest absolute Gasteiger partial charge is 0.358 e. The molecular formula is C11H9NO4. The average Bonchev–Trinajstić information content (AvgIpc) is 2.71. The van der Waals surface area contributed by atoms with Crippen molar-refractivity contribution in [3.63, 3.8) is 0 Å². The molecule has 5 nitrogen and oxygen atoms in total. The molecule has 0 amide bonds. The molecular weight excluding hydrogens is 210 g/mol. The molecule has 0 aliphatic heterocycles. The number of aromatic hydroxyl groups is 1. The molecule has 0 aliphatic rings. The first kappa shape index (κ1) is 10.2. The maximum absolute atomic E-state index is 10.6. The predicted octanol–water partition coefficient (Wildman–Crippen LogP) is 2.05. The largest absolute Gasteiger partial charge is 0.508 e. The number of benzene rings is 1. The molecule has 1 heterocycles. The maximum Gasteiger partial charge on any atom is 0.358 e. The number of carboxylic acids is 1. The Bertz CT molecular complexity index is 545. The van der Waals surface area contributed by atoms with Gasteiger partial charge in [-0.15, -0.1) is 0 Å². The number of carboxylic acid groups (broad SMARTS) is 1. The lowest BCUT2D eigenvalue weighted by Gasteiger charge is -1.99. The highest BCUT2D eigenvalue weighted by Gasteiger charge is 2.12. The van der Waals surface area contributed by atoms with Crippen molar-refractivity contribution in [1.82, 2.24) is 5.16 Å². The van der Waals surface area contributed by atoms with Gasteiger partial charge in [-0.3, -0.25) is 0 Å². The number of aryl methyl sites for hydroxylation is 1. The van der Waals surface area contributed by atoms with E-state index in [0.717, 1.165) is 0 Å². The summed E-state index contributed by atoms with van der Waals surface area (Å²) in [6.07, 6.45) is 0. The van der Waals surface area contributed by atoms with Gasteiger partial charge in [0.15, 0.2) is 11.5 Å². The maximum atomic E-state index is 10.6. The third-order valence-electron chi connectivity index (χ3n) is 2.21. The van der Waals surface area contributed by atoms with E-state index in [0.29, 0.717) is 16.9 Å². The normalized spacial score (nSPS) is 10.3. The molecule has 1 aromatic heterocycles. The highest BCUT2D eigenvalue weighted by molar-refractivity contribution is 5.86. The molecule has 0 saturated heterocycles. The quantitative estimate of drug-likeness (QED) is 0.807. The van der Waals surface area contributed by atoms with Crippen molar-refractivity contribution < 1.29 is 19.5 Å². The summed E-state index contributed by atoms with van der Waals surface area (Å²) in [5.41, 5.74) is 1.22. The van der Waals surface area contributed by atoms with E-state index in [1.807, 2.05) is 0 Å². The molecule has 0 aliphatic carbocycles. The molecule has 0 fully saturated rings. The van der Waals surface area contributed by atoms with Crippen LogP contribution in [-0.4, -0.2) is 21.3 Å². The first-order valence-electron chi connectivity index (χ1n) is 4.58. The van der Waals surface area contributed by atoms with Gasteiger partial charge >= 0.3 is 5.97 Å². The first-order valence-corrected chi connectivity index (χ1v) is 4.58. The minimum Gasteiger partial charge on any atom is -0.508 e. The fraction of sp³-hybridized carbons (Fsp3) is 0.0909. The van der Waals surface area contributed by atoms with Crippen molar-refractivity contribution in [1.29, 1.82) is 0 Å². The second kappa shape index (κ2) is 3.69. The van der Waals surface area contributed by atoms with Crippen LogP contribution in [0.2, 0.25) is 0 Å². The lowest BCUT2D eigenvalue weighted by Crippen LogP contribution is -1.94. The van der Waals surface area contributed by atoms with Gasteiger partial charge in [-0.05, 0) is 30.7 Å². The van der Waals surface area contributed by atoms with Crippen LogP contribution in [0.1, 0.15) is 16.1 Å². The highest BCUT2D eigenvalue weighted by Crippen LogP contribution is 2.25. The molecule has 2 N–H and O–H groups in total. The van der Waals surface area contributed by atoms with Gasteiger partial charge in [0, 0.05) is 11.6 Å². The van der Waals surface area contributed by atoms with E-state index in [1.54, 1.807) is 19.1 Å². The molecule has 0 saturated carbocycles. The molecule has 0 radical (unpaired) electrons. The van der Waals surface area contributed by atoms with E-state index in [-0.39, 0.29) is 11.4 Å². The van der Waals surface area contributed by atoms with Gasteiger partial charge in [0.25, 0.3) is 0 Å². The van der Waals surface area contributed by atoms with Gasteiger partial charge in [0.1, 0.15) is 5.75 Å². The van der Waals surface area contributed by atoms with E-state index in [1.165, 1.54) is 12.1 Å². The Morgan fingerprint density at radius 2 is 2.12 bits per heavy atom. The second-order valence-corrected chi connectivity index (χ2v) is 3.38. The molecule has 0 spiro atoms. The number of rotatable bonds is 2. The number of aromatic carboxylic acids is 1. The summed E-state index contributed by atoms with van der Waals surface area (Å²) in [6.45, 7) is 1.74. The van der Waals surface area contributed by atoms with Gasteiger partial charge in [-0.25, -0.2) is 4.79 Å². The Balaban J connectivity index is 2.42. The monoisotopic (exact) mass is 219 g/mol. The molecule has 82 valence electrons. The zero-order valence-electron chi connectivity index (χ0n) is 8.47.